The fourth-order valence-electron chi connectivity index (χ4n) is 2.80. The minimum atomic E-state index is -0.396. The minimum absolute atomic E-state index is 0.145. The summed E-state index contributed by atoms with van der Waals surface area (Å²) in [5.74, 6) is 0. The van der Waals surface area contributed by atoms with Gasteiger partial charge in [-0.05, 0) is 53.0 Å². The van der Waals surface area contributed by atoms with Gasteiger partial charge in [-0.15, -0.1) is 0 Å². The molecule has 1 amide bonds. The molecule has 2 saturated heterocycles. The molecule has 0 aromatic carbocycles. The van der Waals surface area contributed by atoms with Crippen molar-refractivity contribution in [3.05, 3.63) is 0 Å². The Morgan fingerprint density at radius 3 is 2.65 bits per heavy atom. The largest absolute Gasteiger partial charge is 0.444 e. The molecule has 2 aliphatic heterocycles. The van der Waals surface area contributed by atoms with Crippen molar-refractivity contribution in [1.29, 1.82) is 0 Å². The van der Waals surface area contributed by atoms with E-state index in [4.69, 9.17) is 4.74 Å². The lowest BCUT2D eigenvalue weighted by Gasteiger charge is -2.31. The van der Waals surface area contributed by atoms with E-state index < -0.39 is 5.60 Å². The fourth-order valence-corrected chi connectivity index (χ4v) is 2.80. The number of carbonyl (C=O) groups is 1. The zero-order valence-electron chi connectivity index (χ0n) is 11.2. The number of amides is 1. The molecular weight excluding hydrogens is 216 g/mol. The first kappa shape index (κ1) is 12.7. The average molecular weight is 240 g/mol. The lowest BCUT2D eigenvalue weighted by Crippen LogP contribution is -2.48. The number of likely N-dealkylation sites (tertiary alicyclic amines) is 1. The molecule has 0 bridgehead atoms. The molecule has 1 N–H and O–H groups in total. The second kappa shape index (κ2) is 4.84. The second-order valence-corrected chi connectivity index (χ2v) is 6.09. The van der Waals surface area contributed by atoms with E-state index in [2.05, 4.69) is 5.32 Å². The quantitative estimate of drug-likeness (QED) is 0.763. The first-order chi connectivity index (χ1) is 7.97. The molecule has 98 valence electrons. The highest BCUT2D eigenvalue weighted by Gasteiger charge is 2.37. The van der Waals surface area contributed by atoms with E-state index in [0.717, 1.165) is 25.9 Å². The highest BCUT2D eigenvalue weighted by Crippen LogP contribution is 2.26. The van der Waals surface area contributed by atoms with Gasteiger partial charge in [-0.1, -0.05) is 0 Å². The van der Waals surface area contributed by atoms with Gasteiger partial charge in [0.15, 0.2) is 0 Å². The van der Waals surface area contributed by atoms with Crippen LogP contribution in [-0.4, -0.2) is 41.8 Å². The van der Waals surface area contributed by atoms with Crippen molar-refractivity contribution in [2.45, 2.75) is 64.1 Å². The topological polar surface area (TPSA) is 41.6 Å². The molecule has 2 aliphatic rings. The number of nitrogens with zero attached hydrogens (tertiary/aromatic N) is 1. The third-order valence-corrected chi connectivity index (χ3v) is 3.49. The van der Waals surface area contributed by atoms with Crippen LogP contribution in [0.1, 0.15) is 46.5 Å². The van der Waals surface area contributed by atoms with Crippen molar-refractivity contribution in [1.82, 2.24) is 10.2 Å². The Labute approximate surface area is 104 Å². The highest BCUT2D eigenvalue weighted by atomic mass is 16.6. The Kier molecular flexibility index (Phi) is 3.61. The van der Waals surface area contributed by atoms with Gasteiger partial charge in [0.1, 0.15) is 5.60 Å². The summed E-state index contributed by atoms with van der Waals surface area (Å²) in [4.78, 5) is 14.0. The second-order valence-electron chi connectivity index (χ2n) is 6.09. The van der Waals surface area contributed by atoms with E-state index in [-0.39, 0.29) is 6.09 Å². The van der Waals surface area contributed by atoms with E-state index in [1.54, 1.807) is 0 Å². The maximum absolute atomic E-state index is 12.1. The number of hydrogen-bond acceptors (Lipinski definition) is 3. The van der Waals surface area contributed by atoms with Crippen LogP contribution in [0, 0.1) is 0 Å². The van der Waals surface area contributed by atoms with Gasteiger partial charge in [-0.2, -0.15) is 0 Å². The van der Waals surface area contributed by atoms with E-state index in [0.29, 0.717) is 12.1 Å². The zero-order valence-corrected chi connectivity index (χ0v) is 11.2. The first-order valence-electron chi connectivity index (χ1n) is 6.70. The number of rotatable bonds is 1. The van der Waals surface area contributed by atoms with Crippen molar-refractivity contribution >= 4 is 6.09 Å². The molecule has 0 unspecified atom stereocenters. The lowest BCUT2D eigenvalue weighted by atomic mass is 10.0. The predicted molar refractivity (Wildman–Crippen MR) is 67.0 cm³/mol. The summed E-state index contributed by atoms with van der Waals surface area (Å²) in [6.45, 7) is 7.69. The average Bonchev–Trinajstić information content (AvgIpc) is 2.85. The Morgan fingerprint density at radius 1 is 1.29 bits per heavy atom. The smallest absolute Gasteiger partial charge is 0.410 e. The van der Waals surface area contributed by atoms with Crippen LogP contribution < -0.4 is 5.32 Å². The summed E-state index contributed by atoms with van der Waals surface area (Å²) in [7, 11) is 0. The van der Waals surface area contributed by atoms with Gasteiger partial charge in [0, 0.05) is 12.6 Å². The molecule has 0 aromatic heterocycles. The van der Waals surface area contributed by atoms with E-state index in [9.17, 15) is 4.79 Å². The van der Waals surface area contributed by atoms with Crippen LogP contribution in [0.2, 0.25) is 0 Å². The summed E-state index contributed by atoms with van der Waals surface area (Å²) in [6, 6.07) is 0.817. The van der Waals surface area contributed by atoms with Crippen LogP contribution in [0.3, 0.4) is 0 Å². The standard InChI is InChI=1S/C13H24N2O2/c1-13(2,3)17-12(16)15-9-5-7-11(15)10-6-4-8-14-10/h10-11,14H,4-9H2,1-3H3/t10-,11-/m1/s1. The molecular formula is C13H24N2O2. The van der Waals surface area contributed by atoms with Crippen LogP contribution in [0.5, 0.6) is 0 Å². The molecule has 0 saturated carbocycles. The van der Waals surface area contributed by atoms with Crippen molar-refractivity contribution in [2.24, 2.45) is 0 Å². The van der Waals surface area contributed by atoms with Gasteiger partial charge in [-0.25, -0.2) is 4.79 Å². The molecule has 0 radical (unpaired) electrons. The summed E-state index contributed by atoms with van der Waals surface area (Å²) < 4.78 is 5.47. The minimum Gasteiger partial charge on any atom is -0.444 e. The molecule has 2 fully saturated rings. The summed E-state index contributed by atoms with van der Waals surface area (Å²) in [5.41, 5.74) is -0.396. The van der Waals surface area contributed by atoms with Gasteiger partial charge in [0.2, 0.25) is 0 Å². The molecule has 0 aromatic rings. The number of ether oxygens (including phenoxy) is 1. The maximum Gasteiger partial charge on any atom is 0.410 e. The molecule has 2 atom stereocenters. The normalized spacial score (nSPS) is 29.7. The van der Waals surface area contributed by atoms with Crippen molar-refractivity contribution < 1.29 is 9.53 Å². The van der Waals surface area contributed by atoms with Gasteiger partial charge in [0.25, 0.3) is 0 Å². The van der Waals surface area contributed by atoms with Crippen molar-refractivity contribution in [3.63, 3.8) is 0 Å². The fraction of sp³-hybridized carbons (Fsp3) is 0.923. The SMILES string of the molecule is CC(C)(C)OC(=O)N1CCC[C@@H]1[C@H]1CCCN1. The Bertz CT molecular complexity index is 280. The lowest BCUT2D eigenvalue weighted by molar-refractivity contribution is 0.0201. The van der Waals surface area contributed by atoms with Gasteiger partial charge in [0.05, 0.1) is 6.04 Å². The number of nitrogens with one attached hydrogen (secondary N) is 1. The third kappa shape index (κ3) is 3.12. The summed E-state index contributed by atoms with van der Waals surface area (Å²) >= 11 is 0. The van der Waals surface area contributed by atoms with Gasteiger partial charge in [-0.3, -0.25) is 0 Å². The molecule has 17 heavy (non-hydrogen) atoms. The Morgan fingerprint density at radius 2 is 2.06 bits per heavy atom. The first-order valence-corrected chi connectivity index (χ1v) is 6.70. The summed E-state index contributed by atoms with van der Waals surface area (Å²) in [6.07, 6.45) is 4.47. The van der Waals surface area contributed by atoms with Crippen LogP contribution in [-0.2, 0) is 4.74 Å². The highest BCUT2D eigenvalue weighted by molar-refractivity contribution is 5.69. The zero-order chi connectivity index (χ0) is 12.5. The molecule has 2 heterocycles. The number of hydrogen-bond donors (Lipinski definition) is 1. The van der Waals surface area contributed by atoms with Crippen molar-refractivity contribution in [3.8, 4) is 0 Å². The van der Waals surface area contributed by atoms with Crippen LogP contribution in [0.4, 0.5) is 4.79 Å². The van der Waals surface area contributed by atoms with E-state index in [1.165, 1.54) is 12.8 Å². The molecule has 4 heteroatoms. The monoisotopic (exact) mass is 240 g/mol. The van der Waals surface area contributed by atoms with Gasteiger partial charge < -0.3 is 15.0 Å². The van der Waals surface area contributed by atoms with Crippen LogP contribution in [0.25, 0.3) is 0 Å². The van der Waals surface area contributed by atoms with Crippen LogP contribution in [0.15, 0.2) is 0 Å². The maximum atomic E-state index is 12.1. The van der Waals surface area contributed by atoms with Crippen LogP contribution >= 0.6 is 0 Å². The summed E-state index contributed by atoms with van der Waals surface area (Å²) in [5, 5.41) is 3.50. The molecule has 4 nitrogen and oxygen atoms in total. The Hall–Kier alpha value is -0.770. The van der Waals surface area contributed by atoms with Gasteiger partial charge >= 0.3 is 6.09 Å². The molecule has 0 spiro atoms. The van der Waals surface area contributed by atoms with Crippen molar-refractivity contribution in [2.75, 3.05) is 13.1 Å². The predicted octanol–water partition coefficient (Wildman–Crippen LogP) is 2.14. The van der Waals surface area contributed by atoms with E-state index in [1.807, 2.05) is 25.7 Å². The molecule has 0 aliphatic carbocycles. The number of carbonyl (C=O) groups excluding carboxylic acids is 1. The molecule has 2 rings (SSSR count). The Balaban J connectivity index is 1.96. The third-order valence-electron chi connectivity index (χ3n) is 3.49. The van der Waals surface area contributed by atoms with E-state index >= 15 is 0 Å².